The second-order valence-corrected chi connectivity index (χ2v) is 6.53. The maximum atomic E-state index is 13.0. The number of piperidine rings is 1. The Bertz CT molecular complexity index is 808. The lowest BCUT2D eigenvalue weighted by Crippen LogP contribution is -2.43. The molecule has 1 aliphatic rings. The van der Waals surface area contributed by atoms with E-state index in [-0.39, 0.29) is 24.4 Å². The Hall–Kier alpha value is -2.61. The van der Waals surface area contributed by atoms with E-state index in [4.69, 9.17) is 4.74 Å². The molecule has 1 amide bonds. The maximum absolute atomic E-state index is 13.0. The van der Waals surface area contributed by atoms with Crippen molar-refractivity contribution in [3.05, 3.63) is 65.5 Å². The summed E-state index contributed by atoms with van der Waals surface area (Å²) >= 11 is 0. The number of amides is 1. The second-order valence-electron chi connectivity index (χ2n) is 6.53. The van der Waals surface area contributed by atoms with Crippen LogP contribution in [0.5, 0.6) is 5.75 Å². The molecular weight excluding hydrogens is 378 g/mol. The molecule has 2 aromatic rings. The lowest BCUT2D eigenvalue weighted by atomic mass is 10.1. The summed E-state index contributed by atoms with van der Waals surface area (Å²) in [4.78, 5) is 14.2. The number of benzene rings is 2. The van der Waals surface area contributed by atoms with Gasteiger partial charge in [-0.25, -0.2) is 4.39 Å². The van der Waals surface area contributed by atoms with Gasteiger partial charge in [-0.1, -0.05) is 12.1 Å². The predicted octanol–water partition coefficient (Wildman–Crippen LogP) is 4.55. The molecule has 3 rings (SSSR count). The first-order chi connectivity index (χ1) is 13.3. The molecule has 0 bridgehead atoms. The van der Waals surface area contributed by atoms with Gasteiger partial charge in [0.2, 0.25) is 0 Å². The number of carbonyl (C=O) groups is 1. The normalized spacial score (nSPS) is 17.4. The van der Waals surface area contributed by atoms with Crippen LogP contribution in [0.1, 0.15) is 28.8 Å². The molecule has 0 aliphatic carbocycles. The molecule has 28 heavy (non-hydrogen) atoms. The topological polar surface area (TPSA) is 38.8 Å². The minimum Gasteiger partial charge on any atom is -0.406 e. The van der Waals surface area contributed by atoms with Crippen molar-refractivity contribution in [3.63, 3.8) is 0 Å². The number of halogens is 4. The first-order valence-electron chi connectivity index (χ1n) is 8.81. The Labute approximate surface area is 159 Å². The average molecular weight is 397 g/mol. The van der Waals surface area contributed by atoms with Crippen molar-refractivity contribution >= 4 is 5.91 Å². The van der Waals surface area contributed by atoms with Crippen LogP contribution >= 0.6 is 0 Å². The van der Waals surface area contributed by atoms with Gasteiger partial charge in [0, 0.05) is 18.7 Å². The van der Waals surface area contributed by atoms with Crippen molar-refractivity contribution in [2.45, 2.75) is 31.9 Å². The zero-order chi connectivity index (χ0) is 20.1. The molecule has 0 saturated carbocycles. The minimum absolute atomic E-state index is 0.109. The highest BCUT2D eigenvalue weighted by molar-refractivity contribution is 5.94. The molecule has 1 fully saturated rings. The van der Waals surface area contributed by atoms with Crippen molar-refractivity contribution in [1.82, 2.24) is 4.90 Å². The Kier molecular flexibility index (Phi) is 6.18. The van der Waals surface area contributed by atoms with Gasteiger partial charge in [-0.2, -0.15) is 0 Å². The van der Waals surface area contributed by atoms with E-state index in [1.165, 1.54) is 42.5 Å². The fraction of sp³-hybridized carbons (Fsp3) is 0.350. The SMILES string of the molecule is O=C(c1ccc(F)cc1)N1CCCC(OCc2cccc(OC(F)(F)F)c2)C1. The summed E-state index contributed by atoms with van der Waals surface area (Å²) in [5.41, 5.74) is 0.947. The monoisotopic (exact) mass is 397 g/mol. The number of carbonyl (C=O) groups excluding carboxylic acids is 1. The fourth-order valence-electron chi connectivity index (χ4n) is 3.08. The Balaban J connectivity index is 1.56. The fourth-order valence-corrected chi connectivity index (χ4v) is 3.08. The summed E-state index contributed by atoms with van der Waals surface area (Å²) in [6.07, 6.45) is -3.49. The molecule has 8 heteroatoms. The molecule has 1 aliphatic heterocycles. The van der Waals surface area contributed by atoms with Crippen molar-refractivity contribution in [2.24, 2.45) is 0 Å². The zero-order valence-electron chi connectivity index (χ0n) is 14.9. The highest BCUT2D eigenvalue weighted by Crippen LogP contribution is 2.24. The van der Waals surface area contributed by atoms with Crippen LogP contribution in [0.3, 0.4) is 0 Å². The Morgan fingerprint density at radius 3 is 2.61 bits per heavy atom. The van der Waals surface area contributed by atoms with E-state index >= 15 is 0 Å². The van der Waals surface area contributed by atoms with Crippen molar-refractivity contribution in [2.75, 3.05) is 13.1 Å². The predicted molar refractivity (Wildman–Crippen MR) is 93.2 cm³/mol. The Morgan fingerprint density at radius 1 is 1.14 bits per heavy atom. The van der Waals surface area contributed by atoms with Crippen LogP contribution < -0.4 is 4.74 Å². The van der Waals surface area contributed by atoms with Gasteiger partial charge in [0.25, 0.3) is 5.91 Å². The molecule has 2 aromatic carbocycles. The largest absolute Gasteiger partial charge is 0.573 e. The van der Waals surface area contributed by atoms with Crippen LogP contribution in [0, 0.1) is 5.82 Å². The summed E-state index contributed by atoms with van der Waals surface area (Å²) in [5, 5.41) is 0. The first kappa shape index (κ1) is 20.1. The minimum atomic E-state index is -4.75. The molecule has 0 spiro atoms. The molecular formula is C20H19F4NO3. The van der Waals surface area contributed by atoms with Gasteiger partial charge < -0.3 is 14.4 Å². The molecule has 150 valence electrons. The summed E-state index contributed by atoms with van der Waals surface area (Å²) in [6.45, 7) is 1.05. The third-order valence-electron chi connectivity index (χ3n) is 4.37. The van der Waals surface area contributed by atoms with Crippen LogP contribution in [0.25, 0.3) is 0 Å². The van der Waals surface area contributed by atoms with Gasteiger partial charge in [0.05, 0.1) is 12.7 Å². The van der Waals surface area contributed by atoms with Crippen LogP contribution in [-0.2, 0) is 11.3 Å². The van der Waals surface area contributed by atoms with Crippen molar-refractivity contribution in [1.29, 1.82) is 0 Å². The average Bonchev–Trinajstić information content (AvgIpc) is 2.66. The van der Waals surface area contributed by atoms with Gasteiger partial charge in [-0.3, -0.25) is 4.79 Å². The summed E-state index contributed by atoms with van der Waals surface area (Å²) in [5.74, 6) is -0.910. The molecule has 1 atom stereocenters. The number of likely N-dealkylation sites (tertiary alicyclic amines) is 1. The van der Waals surface area contributed by atoms with Crippen LogP contribution in [0.4, 0.5) is 17.6 Å². The molecule has 0 aromatic heterocycles. The second kappa shape index (κ2) is 8.60. The number of hydrogen-bond donors (Lipinski definition) is 0. The van der Waals surface area contributed by atoms with Gasteiger partial charge in [0.15, 0.2) is 0 Å². The molecule has 1 unspecified atom stereocenters. The smallest absolute Gasteiger partial charge is 0.406 e. The third-order valence-corrected chi connectivity index (χ3v) is 4.37. The van der Waals surface area contributed by atoms with E-state index in [1.54, 1.807) is 11.0 Å². The van der Waals surface area contributed by atoms with Crippen molar-refractivity contribution in [3.8, 4) is 5.75 Å². The van der Waals surface area contributed by atoms with E-state index in [1.807, 2.05) is 0 Å². The standard InChI is InChI=1S/C20H19F4NO3/c21-16-8-6-15(7-9-16)19(26)25-10-2-5-18(12-25)27-13-14-3-1-4-17(11-14)28-20(22,23)24/h1,3-4,6-9,11,18H,2,5,10,12-13H2. The van der Waals surface area contributed by atoms with Gasteiger partial charge in [-0.15, -0.1) is 13.2 Å². The molecule has 1 heterocycles. The van der Waals surface area contributed by atoms with Crippen LogP contribution in [0.15, 0.2) is 48.5 Å². The summed E-state index contributed by atoms with van der Waals surface area (Å²) in [7, 11) is 0. The van der Waals surface area contributed by atoms with E-state index in [0.717, 1.165) is 12.8 Å². The van der Waals surface area contributed by atoms with Crippen LogP contribution in [-0.4, -0.2) is 36.4 Å². The lowest BCUT2D eigenvalue weighted by molar-refractivity contribution is -0.274. The van der Waals surface area contributed by atoms with Gasteiger partial charge >= 0.3 is 6.36 Å². The number of nitrogens with zero attached hydrogens (tertiary/aromatic N) is 1. The zero-order valence-corrected chi connectivity index (χ0v) is 14.9. The molecule has 0 radical (unpaired) electrons. The third kappa shape index (κ3) is 5.69. The highest BCUT2D eigenvalue weighted by atomic mass is 19.4. The molecule has 0 N–H and O–H groups in total. The lowest BCUT2D eigenvalue weighted by Gasteiger charge is -2.32. The highest BCUT2D eigenvalue weighted by Gasteiger charge is 2.31. The van der Waals surface area contributed by atoms with E-state index in [9.17, 15) is 22.4 Å². The summed E-state index contributed by atoms with van der Waals surface area (Å²) in [6, 6.07) is 11.0. The van der Waals surface area contributed by atoms with Crippen molar-refractivity contribution < 1.29 is 31.8 Å². The Morgan fingerprint density at radius 2 is 1.89 bits per heavy atom. The van der Waals surface area contributed by atoms with E-state index < -0.39 is 12.2 Å². The van der Waals surface area contributed by atoms with Gasteiger partial charge in [-0.05, 0) is 54.8 Å². The quantitative estimate of drug-likeness (QED) is 0.695. The molecule has 1 saturated heterocycles. The number of hydrogen-bond acceptors (Lipinski definition) is 3. The maximum Gasteiger partial charge on any atom is 0.573 e. The van der Waals surface area contributed by atoms with Crippen LogP contribution in [0.2, 0.25) is 0 Å². The number of alkyl halides is 3. The molecule has 4 nitrogen and oxygen atoms in total. The first-order valence-corrected chi connectivity index (χ1v) is 8.81. The van der Waals surface area contributed by atoms with Gasteiger partial charge in [0.1, 0.15) is 11.6 Å². The number of rotatable bonds is 5. The summed E-state index contributed by atoms with van der Waals surface area (Å²) < 4.78 is 59.7. The van der Waals surface area contributed by atoms with E-state index in [0.29, 0.717) is 24.2 Å². The number of ether oxygens (including phenoxy) is 2. The van der Waals surface area contributed by atoms with E-state index in [2.05, 4.69) is 4.74 Å².